The van der Waals surface area contributed by atoms with Crippen molar-refractivity contribution in [3.05, 3.63) is 47.6 Å². The molecule has 1 N–H and O–H groups in total. The van der Waals surface area contributed by atoms with Crippen LogP contribution in [0.15, 0.2) is 34.9 Å². The SMILES string of the molecule is CNCCc1nc(C(OC)c2ccccc2)no1. The Morgan fingerprint density at radius 1 is 1.33 bits per heavy atom. The Balaban J connectivity index is 2.15. The number of nitrogens with zero attached hydrogens (tertiary/aromatic N) is 2. The van der Waals surface area contributed by atoms with Crippen LogP contribution in [0.3, 0.4) is 0 Å². The average Bonchev–Trinajstić information content (AvgIpc) is 2.87. The van der Waals surface area contributed by atoms with Crippen LogP contribution in [0.4, 0.5) is 0 Å². The van der Waals surface area contributed by atoms with Crippen LogP contribution >= 0.6 is 0 Å². The Morgan fingerprint density at radius 2 is 2.11 bits per heavy atom. The molecule has 0 bridgehead atoms. The van der Waals surface area contributed by atoms with E-state index in [-0.39, 0.29) is 6.10 Å². The molecular weight excluding hydrogens is 230 g/mol. The number of rotatable bonds is 6. The van der Waals surface area contributed by atoms with E-state index >= 15 is 0 Å². The van der Waals surface area contributed by atoms with Gasteiger partial charge in [-0.05, 0) is 12.6 Å². The number of methoxy groups -OCH3 is 1. The summed E-state index contributed by atoms with van der Waals surface area (Å²) in [5.41, 5.74) is 1.01. The fraction of sp³-hybridized carbons (Fsp3) is 0.385. The minimum absolute atomic E-state index is 0.279. The maximum absolute atomic E-state index is 5.44. The monoisotopic (exact) mass is 247 g/mol. The second kappa shape index (κ2) is 6.28. The summed E-state index contributed by atoms with van der Waals surface area (Å²) < 4.78 is 10.6. The molecule has 0 spiro atoms. The number of hydrogen-bond acceptors (Lipinski definition) is 5. The third kappa shape index (κ3) is 2.94. The first-order chi connectivity index (χ1) is 8.85. The Morgan fingerprint density at radius 3 is 2.78 bits per heavy atom. The van der Waals surface area contributed by atoms with Gasteiger partial charge in [-0.3, -0.25) is 0 Å². The van der Waals surface area contributed by atoms with Crippen molar-refractivity contribution >= 4 is 0 Å². The van der Waals surface area contributed by atoms with Crippen molar-refractivity contribution in [1.29, 1.82) is 0 Å². The maximum Gasteiger partial charge on any atom is 0.228 e. The molecule has 1 aromatic carbocycles. The fourth-order valence-corrected chi connectivity index (χ4v) is 1.73. The minimum atomic E-state index is -0.279. The van der Waals surface area contributed by atoms with Crippen LogP contribution in [0.1, 0.15) is 23.4 Å². The molecule has 1 heterocycles. The molecule has 18 heavy (non-hydrogen) atoms. The summed E-state index contributed by atoms with van der Waals surface area (Å²) in [4.78, 5) is 4.35. The predicted octanol–water partition coefficient (Wildman–Crippen LogP) is 1.57. The van der Waals surface area contributed by atoms with E-state index < -0.39 is 0 Å². The van der Waals surface area contributed by atoms with E-state index in [1.54, 1.807) is 7.11 Å². The first-order valence-corrected chi connectivity index (χ1v) is 5.90. The summed E-state index contributed by atoms with van der Waals surface area (Å²) >= 11 is 0. The van der Waals surface area contributed by atoms with Gasteiger partial charge in [-0.1, -0.05) is 35.5 Å². The van der Waals surface area contributed by atoms with Gasteiger partial charge in [0.15, 0.2) is 0 Å². The van der Waals surface area contributed by atoms with Crippen molar-refractivity contribution in [2.24, 2.45) is 0 Å². The smallest absolute Gasteiger partial charge is 0.228 e. The van der Waals surface area contributed by atoms with Gasteiger partial charge in [0, 0.05) is 20.1 Å². The number of hydrogen-bond donors (Lipinski definition) is 1. The van der Waals surface area contributed by atoms with E-state index in [1.165, 1.54) is 0 Å². The van der Waals surface area contributed by atoms with Crippen LogP contribution in [0, 0.1) is 0 Å². The zero-order valence-electron chi connectivity index (χ0n) is 10.6. The third-order valence-electron chi connectivity index (χ3n) is 2.65. The van der Waals surface area contributed by atoms with Gasteiger partial charge in [-0.2, -0.15) is 4.98 Å². The molecule has 0 saturated carbocycles. The van der Waals surface area contributed by atoms with E-state index in [2.05, 4.69) is 15.5 Å². The maximum atomic E-state index is 5.44. The van der Waals surface area contributed by atoms with Crippen molar-refractivity contribution in [3.63, 3.8) is 0 Å². The van der Waals surface area contributed by atoms with Crippen LogP contribution in [0.25, 0.3) is 0 Å². The van der Waals surface area contributed by atoms with Crippen LogP contribution in [-0.2, 0) is 11.2 Å². The van der Waals surface area contributed by atoms with Crippen molar-refractivity contribution in [2.45, 2.75) is 12.5 Å². The molecule has 5 heteroatoms. The van der Waals surface area contributed by atoms with E-state index in [9.17, 15) is 0 Å². The lowest BCUT2D eigenvalue weighted by Crippen LogP contribution is -2.11. The van der Waals surface area contributed by atoms with Gasteiger partial charge >= 0.3 is 0 Å². The molecule has 0 amide bonds. The molecule has 96 valence electrons. The summed E-state index contributed by atoms with van der Waals surface area (Å²) in [6.07, 6.45) is 0.438. The normalized spacial score (nSPS) is 12.6. The van der Waals surface area contributed by atoms with Crippen LogP contribution in [0.5, 0.6) is 0 Å². The molecule has 2 aromatic rings. The lowest BCUT2D eigenvalue weighted by Gasteiger charge is -2.10. The largest absolute Gasteiger partial charge is 0.369 e. The van der Waals surface area contributed by atoms with Gasteiger partial charge in [0.25, 0.3) is 0 Å². The molecule has 0 aliphatic rings. The molecule has 2 rings (SSSR count). The Bertz CT molecular complexity index is 470. The number of nitrogens with one attached hydrogen (secondary N) is 1. The standard InChI is InChI=1S/C13H17N3O2/c1-14-9-8-11-15-13(16-18-11)12(17-2)10-6-4-3-5-7-10/h3-7,12,14H,8-9H2,1-2H3. The summed E-state index contributed by atoms with van der Waals surface area (Å²) in [6.45, 7) is 0.810. The van der Waals surface area contributed by atoms with E-state index in [0.717, 1.165) is 12.1 Å². The average molecular weight is 247 g/mol. The summed E-state index contributed by atoms with van der Waals surface area (Å²) in [6, 6.07) is 9.85. The van der Waals surface area contributed by atoms with Crippen molar-refractivity contribution in [3.8, 4) is 0 Å². The zero-order valence-corrected chi connectivity index (χ0v) is 10.6. The molecule has 0 fully saturated rings. The molecule has 1 aromatic heterocycles. The van der Waals surface area contributed by atoms with Crippen molar-refractivity contribution in [2.75, 3.05) is 20.7 Å². The lowest BCUT2D eigenvalue weighted by molar-refractivity contribution is 0.126. The van der Waals surface area contributed by atoms with E-state index in [1.807, 2.05) is 37.4 Å². The number of benzene rings is 1. The van der Waals surface area contributed by atoms with Gasteiger partial charge in [-0.25, -0.2) is 0 Å². The Labute approximate surface area is 106 Å². The topological polar surface area (TPSA) is 60.2 Å². The first-order valence-electron chi connectivity index (χ1n) is 5.90. The van der Waals surface area contributed by atoms with E-state index in [4.69, 9.17) is 9.26 Å². The van der Waals surface area contributed by atoms with Gasteiger partial charge in [0.1, 0.15) is 6.10 Å². The quantitative estimate of drug-likeness (QED) is 0.839. The molecule has 5 nitrogen and oxygen atoms in total. The number of likely N-dealkylation sites (N-methyl/N-ethyl adjacent to an activating group) is 1. The minimum Gasteiger partial charge on any atom is -0.369 e. The first kappa shape index (κ1) is 12.7. The molecule has 0 radical (unpaired) electrons. The van der Waals surface area contributed by atoms with Gasteiger partial charge in [0.2, 0.25) is 11.7 Å². The number of aromatic nitrogens is 2. The summed E-state index contributed by atoms with van der Waals surface area (Å²) in [5.74, 6) is 1.19. The van der Waals surface area contributed by atoms with Crippen LogP contribution < -0.4 is 5.32 Å². The molecule has 0 aliphatic carbocycles. The van der Waals surface area contributed by atoms with Crippen LogP contribution in [0.2, 0.25) is 0 Å². The van der Waals surface area contributed by atoms with Gasteiger partial charge in [-0.15, -0.1) is 0 Å². The summed E-state index contributed by atoms with van der Waals surface area (Å²) in [7, 11) is 3.53. The lowest BCUT2D eigenvalue weighted by atomic mass is 10.1. The van der Waals surface area contributed by atoms with Gasteiger partial charge in [0.05, 0.1) is 0 Å². The fourth-order valence-electron chi connectivity index (χ4n) is 1.73. The third-order valence-corrected chi connectivity index (χ3v) is 2.65. The van der Waals surface area contributed by atoms with Crippen molar-refractivity contribution in [1.82, 2.24) is 15.5 Å². The molecule has 1 unspecified atom stereocenters. The second-order valence-corrected chi connectivity index (χ2v) is 3.93. The zero-order chi connectivity index (χ0) is 12.8. The van der Waals surface area contributed by atoms with Gasteiger partial charge < -0.3 is 14.6 Å². The van der Waals surface area contributed by atoms with Crippen molar-refractivity contribution < 1.29 is 9.26 Å². The van der Waals surface area contributed by atoms with E-state index in [0.29, 0.717) is 18.1 Å². The molecule has 0 saturated heterocycles. The predicted molar refractivity (Wildman–Crippen MR) is 67.2 cm³/mol. The Kier molecular flexibility index (Phi) is 4.44. The molecule has 0 aliphatic heterocycles. The highest BCUT2D eigenvalue weighted by atomic mass is 16.5. The molecule has 1 atom stereocenters. The number of ether oxygens (including phenoxy) is 1. The highest BCUT2D eigenvalue weighted by molar-refractivity contribution is 5.22. The highest BCUT2D eigenvalue weighted by Crippen LogP contribution is 2.22. The van der Waals surface area contributed by atoms with Crippen LogP contribution in [-0.4, -0.2) is 30.8 Å². The summed E-state index contributed by atoms with van der Waals surface area (Å²) in [5, 5.41) is 7.02. The highest BCUT2D eigenvalue weighted by Gasteiger charge is 2.19. The second-order valence-electron chi connectivity index (χ2n) is 3.93. The Hall–Kier alpha value is -1.72. The molecular formula is C13H17N3O2.